The predicted octanol–water partition coefficient (Wildman–Crippen LogP) is 6.47. The monoisotopic (exact) mass is 630 g/mol. The van der Waals surface area contributed by atoms with Gasteiger partial charge >= 0.3 is 0 Å². The van der Waals surface area contributed by atoms with Gasteiger partial charge in [0.25, 0.3) is 11.1 Å². The van der Waals surface area contributed by atoms with E-state index in [1.54, 1.807) is 42.5 Å². The molecule has 0 radical (unpaired) electrons. The third kappa shape index (κ3) is 6.37. The number of nitrogens with one attached hydrogen (secondary N) is 1. The number of hydrogen-bond donors (Lipinski definition) is 1. The van der Waals surface area contributed by atoms with Gasteiger partial charge in [-0.3, -0.25) is 19.3 Å². The highest BCUT2D eigenvalue weighted by Gasteiger charge is 2.36. The van der Waals surface area contributed by atoms with Crippen LogP contribution in [0.2, 0.25) is 0 Å². The van der Waals surface area contributed by atoms with Gasteiger partial charge in [-0.05, 0) is 81.3 Å². The molecular formula is C26H20Br2N2O5S. The van der Waals surface area contributed by atoms with E-state index in [1.807, 2.05) is 30.3 Å². The standard InChI is InChI=1S/C26H20Br2N2O5S/c1-34-21-12-17(11-20(28)24(21)35-15-16-7-9-18(27)10-8-16)13-22-25(32)30(26(33)36-22)14-23(31)29-19-5-3-2-4-6-19/h2-13H,14-15H2,1H3,(H,29,31)/b22-13-. The molecule has 1 fully saturated rings. The molecule has 4 rings (SSSR count). The van der Waals surface area contributed by atoms with Crippen molar-refractivity contribution in [2.24, 2.45) is 0 Å². The van der Waals surface area contributed by atoms with E-state index in [0.29, 0.717) is 33.8 Å². The number of rotatable bonds is 8. The Morgan fingerprint density at radius 2 is 1.78 bits per heavy atom. The minimum absolute atomic E-state index is 0.213. The van der Waals surface area contributed by atoms with Crippen LogP contribution in [0.3, 0.4) is 0 Å². The number of benzene rings is 3. The summed E-state index contributed by atoms with van der Waals surface area (Å²) >= 11 is 7.71. The number of hydrogen-bond acceptors (Lipinski definition) is 6. The summed E-state index contributed by atoms with van der Waals surface area (Å²) in [6, 6.07) is 20.1. The lowest BCUT2D eigenvalue weighted by Gasteiger charge is -2.14. The van der Waals surface area contributed by atoms with Crippen LogP contribution in [-0.2, 0) is 16.2 Å². The van der Waals surface area contributed by atoms with E-state index >= 15 is 0 Å². The van der Waals surface area contributed by atoms with E-state index in [4.69, 9.17) is 9.47 Å². The van der Waals surface area contributed by atoms with Crippen molar-refractivity contribution >= 4 is 72.4 Å². The summed E-state index contributed by atoms with van der Waals surface area (Å²) in [4.78, 5) is 38.8. The molecule has 10 heteroatoms. The van der Waals surface area contributed by atoms with Gasteiger partial charge < -0.3 is 14.8 Å². The first-order valence-electron chi connectivity index (χ1n) is 10.7. The highest BCUT2D eigenvalue weighted by molar-refractivity contribution is 9.10. The molecule has 3 aromatic carbocycles. The summed E-state index contributed by atoms with van der Waals surface area (Å²) in [6.45, 7) is -0.0295. The molecule has 0 aliphatic carbocycles. The van der Waals surface area contributed by atoms with E-state index < -0.39 is 17.1 Å². The Morgan fingerprint density at radius 1 is 1.06 bits per heavy atom. The number of para-hydroxylation sites is 1. The van der Waals surface area contributed by atoms with Crippen LogP contribution < -0.4 is 14.8 Å². The quantitative estimate of drug-likeness (QED) is 0.287. The number of thioether (sulfide) groups is 1. The van der Waals surface area contributed by atoms with Crippen molar-refractivity contribution in [2.45, 2.75) is 6.61 Å². The van der Waals surface area contributed by atoms with Crippen LogP contribution in [-0.4, -0.2) is 35.6 Å². The lowest BCUT2D eigenvalue weighted by molar-refractivity contribution is -0.127. The predicted molar refractivity (Wildman–Crippen MR) is 147 cm³/mol. The van der Waals surface area contributed by atoms with Gasteiger partial charge in [-0.25, -0.2) is 0 Å². The van der Waals surface area contributed by atoms with Crippen molar-refractivity contribution in [3.63, 3.8) is 0 Å². The van der Waals surface area contributed by atoms with Crippen LogP contribution in [0.5, 0.6) is 11.5 Å². The van der Waals surface area contributed by atoms with Crippen LogP contribution in [0.1, 0.15) is 11.1 Å². The molecule has 0 aromatic heterocycles. The normalized spacial score (nSPS) is 14.3. The number of ether oxygens (including phenoxy) is 2. The van der Waals surface area contributed by atoms with Gasteiger partial charge in [0.1, 0.15) is 13.2 Å². The van der Waals surface area contributed by atoms with E-state index in [2.05, 4.69) is 37.2 Å². The van der Waals surface area contributed by atoms with E-state index in [1.165, 1.54) is 7.11 Å². The van der Waals surface area contributed by atoms with Crippen molar-refractivity contribution in [2.75, 3.05) is 19.0 Å². The number of carbonyl (C=O) groups is 3. The zero-order valence-electron chi connectivity index (χ0n) is 19.0. The number of methoxy groups -OCH3 is 1. The molecule has 1 aliphatic heterocycles. The topological polar surface area (TPSA) is 84.9 Å². The second kappa shape index (κ2) is 11.8. The van der Waals surface area contributed by atoms with Gasteiger partial charge in [-0.1, -0.05) is 46.3 Å². The summed E-state index contributed by atoms with van der Waals surface area (Å²) in [5, 5.41) is 2.17. The summed E-state index contributed by atoms with van der Waals surface area (Å²) in [5.74, 6) is -0.00207. The van der Waals surface area contributed by atoms with Gasteiger partial charge in [0.2, 0.25) is 5.91 Å². The molecule has 1 saturated heterocycles. The third-order valence-corrected chi connectivity index (χ3v) is 7.10. The second-order valence-corrected chi connectivity index (χ2v) is 10.4. The van der Waals surface area contributed by atoms with Crippen molar-refractivity contribution in [3.8, 4) is 11.5 Å². The van der Waals surface area contributed by atoms with Crippen molar-refractivity contribution in [1.82, 2.24) is 4.90 Å². The van der Waals surface area contributed by atoms with Gasteiger partial charge in [0.15, 0.2) is 11.5 Å². The first-order valence-corrected chi connectivity index (χ1v) is 13.1. The number of amides is 3. The SMILES string of the molecule is COc1cc(/C=C2\SC(=O)N(CC(=O)Nc3ccccc3)C2=O)cc(Br)c1OCc1ccc(Br)cc1. The largest absolute Gasteiger partial charge is 0.493 e. The molecule has 1 N–H and O–H groups in total. The zero-order chi connectivity index (χ0) is 25.7. The number of anilines is 1. The smallest absolute Gasteiger partial charge is 0.294 e. The number of halogens is 2. The van der Waals surface area contributed by atoms with Crippen molar-refractivity contribution < 1.29 is 23.9 Å². The Bertz CT molecular complexity index is 1330. The summed E-state index contributed by atoms with van der Waals surface area (Å²) in [5.41, 5.74) is 2.21. The fraction of sp³-hybridized carbons (Fsp3) is 0.115. The Kier molecular flexibility index (Phi) is 8.50. The van der Waals surface area contributed by atoms with Gasteiger partial charge in [-0.15, -0.1) is 0 Å². The number of carbonyl (C=O) groups excluding carboxylic acids is 3. The Morgan fingerprint density at radius 3 is 2.47 bits per heavy atom. The fourth-order valence-electron chi connectivity index (χ4n) is 3.35. The highest BCUT2D eigenvalue weighted by atomic mass is 79.9. The third-order valence-electron chi connectivity index (χ3n) is 5.08. The lowest BCUT2D eigenvalue weighted by Crippen LogP contribution is -2.36. The van der Waals surface area contributed by atoms with Crippen LogP contribution in [0, 0.1) is 0 Å². The molecule has 0 spiro atoms. The minimum atomic E-state index is -0.529. The van der Waals surface area contributed by atoms with Gasteiger partial charge in [0, 0.05) is 10.2 Å². The average molecular weight is 632 g/mol. The average Bonchev–Trinajstić information content (AvgIpc) is 3.12. The molecule has 36 heavy (non-hydrogen) atoms. The van der Waals surface area contributed by atoms with Crippen LogP contribution in [0.4, 0.5) is 10.5 Å². The molecule has 0 bridgehead atoms. The molecule has 184 valence electrons. The maximum atomic E-state index is 12.9. The minimum Gasteiger partial charge on any atom is -0.493 e. The summed E-state index contributed by atoms with van der Waals surface area (Å²) in [6.07, 6.45) is 1.59. The molecule has 1 heterocycles. The van der Waals surface area contributed by atoms with Crippen LogP contribution in [0.15, 0.2) is 80.6 Å². The first-order chi connectivity index (χ1) is 17.3. The number of imide groups is 1. The Labute approximate surface area is 229 Å². The summed E-state index contributed by atoms with van der Waals surface area (Å²) < 4.78 is 13.1. The van der Waals surface area contributed by atoms with E-state index in [9.17, 15) is 14.4 Å². The molecule has 0 unspecified atom stereocenters. The van der Waals surface area contributed by atoms with Crippen LogP contribution in [0.25, 0.3) is 6.08 Å². The van der Waals surface area contributed by atoms with Gasteiger partial charge in [0.05, 0.1) is 16.5 Å². The summed E-state index contributed by atoms with van der Waals surface area (Å²) in [7, 11) is 1.53. The maximum Gasteiger partial charge on any atom is 0.294 e. The zero-order valence-corrected chi connectivity index (χ0v) is 23.0. The van der Waals surface area contributed by atoms with E-state index in [-0.39, 0.29) is 11.4 Å². The lowest BCUT2D eigenvalue weighted by atomic mass is 10.1. The van der Waals surface area contributed by atoms with Crippen LogP contribution >= 0.6 is 43.6 Å². The molecule has 0 saturated carbocycles. The molecule has 1 aliphatic rings. The molecule has 3 aromatic rings. The molecule has 0 atom stereocenters. The van der Waals surface area contributed by atoms with E-state index in [0.717, 1.165) is 26.7 Å². The Hall–Kier alpha value is -3.08. The number of nitrogens with zero attached hydrogens (tertiary/aromatic N) is 1. The second-order valence-electron chi connectivity index (χ2n) is 7.63. The molecule has 7 nitrogen and oxygen atoms in total. The van der Waals surface area contributed by atoms with Gasteiger partial charge in [-0.2, -0.15) is 0 Å². The molecular weight excluding hydrogens is 612 g/mol. The van der Waals surface area contributed by atoms with Crippen molar-refractivity contribution in [1.29, 1.82) is 0 Å². The maximum absolute atomic E-state index is 12.9. The fourth-order valence-corrected chi connectivity index (χ4v) is 5.03. The Balaban J connectivity index is 1.47. The first kappa shape index (κ1) is 26.0. The van der Waals surface area contributed by atoms with Crippen molar-refractivity contribution in [3.05, 3.63) is 91.7 Å². The highest BCUT2D eigenvalue weighted by Crippen LogP contribution is 2.39. The molecule has 3 amide bonds.